The fourth-order valence-corrected chi connectivity index (χ4v) is 5.37. The lowest BCUT2D eigenvalue weighted by molar-refractivity contribution is -0.116. The van der Waals surface area contributed by atoms with E-state index in [0.717, 1.165) is 52.7 Å². The second-order valence-corrected chi connectivity index (χ2v) is 12.7. The molecule has 0 atom stereocenters. The number of rotatable bonds is 9. The van der Waals surface area contributed by atoms with Crippen LogP contribution in [0.1, 0.15) is 118 Å². The SMILES string of the molecule is CC.CC.CC.CC.CC.CC.Clc1nc2ccccc2cc1Cc1ccccc1.Nc1ccccc1.O=C(CCc1ccccc1)Nc1ccccc1.O=C(Cl)CCc1ccccc1. The second-order valence-electron chi connectivity index (χ2n) is 11.9. The zero-order valence-electron chi connectivity index (χ0n) is 41.5. The third-order valence-corrected chi connectivity index (χ3v) is 8.30. The van der Waals surface area contributed by atoms with Crippen molar-refractivity contribution in [3.05, 3.63) is 209 Å². The second kappa shape index (κ2) is 46.2. The first-order valence-electron chi connectivity index (χ1n) is 23.4. The lowest BCUT2D eigenvalue weighted by atomic mass is 10.0. The third kappa shape index (κ3) is 32.5. The molecule has 0 radical (unpaired) electrons. The van der Waals surface area contributed by atoms with E-state index in [1.165, 1.54) is 11.1 Å². The van der Waals surface area contributed by atoms with Crippen molar-refractivity contribution < 1.29 is 9.59 Å². The Morgan fingerprint density at radius 2 is 0.862 bits per heavy atom. The average molecular weight is 921 g/mol. The Balaban J connectivity index is -0.000000757. The van der Waals surface area contributed by atoms with Crippen LogP contribution in [0, 0.1) is 0 Å². The van der Waals surface area contributed by atoms with E-state index in [1.807, 2.05) is 241 Å². The number of pyridine rings is 1. The van der Waals surface area contributed by atoms with Crippen LogP contribution in [-0.2, 0) is 28.9 Å². The third-order valence-electron chi connectivity index (χ3n) is 7.78. The Morgan fingerprint density at radius 3 is 1.28 bits per heavy atom. The summed E-state index contributed by atoms with van der Waals surface area (Å²) in [4.78, 5) is 26.5. The Hall–Kier alpha value is -5.75. The molecule has 7 aromatic rings. The van der Waals surface area contributed by atoms with E-state index in [1.54, 1.807) is 0 Å². The molecule has 1 heterocycles. The number of hydrogen-bond acceptors (Lipinski definition) is 4. The highest BCUT2D eigenvalue weighted by Gasteiger charge is 2.06. The van der Waals surface area contributed by atoms with E-state index in [0.29, 0.717) is 18.0 Å². The van der Waals surface area contributed by atoms with Gasteiger partial charge in [-0.25, -0.2) is 4.98 Å². The van der Waals surface area contributed by atoms with Crippen molar-refractivity contribution in [2.75, 3.05) is 11.1 Å². The van der Waals surface area contributed by atoms with Crippen molar-refractivity contribution >= 4 is 56.6 Å². The van der Waals surface area contributed by atoms with Crippen LogP contribution in [0.3, 0.4) is 0 Å². The molecule has 65 heavy (non-hydrogen) atoms. The summed E-state index contributed by atoms with van der Waals surface area (Å²) in [7, 11) is 0. The number of nitrogens with zero attached hydrogens (tertiary/aromatic N) is 1. The molecule has 0 aliphatic heterocycles. The van der Waals surface area contributed by atoms with Gasteiger partial charge in [0.1, 0.15) is 5.15 Å². The zero-order chi connectivity index (χ0) is 49.5. The summed E-state index contributed by atoms with van der Waals surface area (Å²) in [5, 5.41) is 4.33. The van der Waals surface area contributed by atoms with E-state index in [9.17, 15) is 9.59 Å². The monoisotopic (exact) mass is 920 g/mol. The molecule has 0 aliphatic carbocycles. The number of carbonyl (C=O) groups is 2. The minimum absolute atomic E-state index is 0.0556. The average Bonchev–Trinajstić information content (AvgIpc) is 3.39. The summed E-state index contributed by atoms with van der Waals surface area (Å²) in [5.74, 6) is 0.0556. The summed E-state index contributed by atoms with van der Waals surface area (Å²) in [6.45, 7) is 24.0. The maximum atomic E-state index is 11.7. The minimum Gasteiger partial charge on any atom is -0.399 e. The number of carbonyl (C=O) groups excluding carboxylic acids is 2. The topological polar surface area (TPSA) is 85.1 Å². The fraction of sp³-hybridized carbons (Fsp3) is 0.293. The van der Waals surface area contributed by atoms with Gasteiger partial charge in [-0.2, -0.15) is 0 Å². The standard InChI is InChI=1S/C16H12ClN.C15H15NO.C9H9ClO.C6H7N.6C2H6/c17-16-14(10-12-6-2-1-3-7-12)11-13-8-4-5-9-15(13)18-16;17-15(16-14-9-5-2-6-10-14)12-11-13-7-3-1-4-8-13;10-9(11)7-6-8-4-2-1-3-5-8;7-6-4-2-1-3-5-6;6*1-2/h1-9,11H,10H2;1-10H,11-12H2,(H,16,17);1-5H,6-7H2;1-5H,7H2;6*1-2H3. The quantitative estimate of drug-likeness (QED) is 0.0858. The molecule has 0 spiro atoms. The van der Waals surface area contributed by atoms with E-state index in [2.05, 4.69) is 34.6 Å². The molecule has 352 valence electrons. The maximum Gasteiger partial charge on any atom is 0.224 e. The van der Waals surface area contributed by atoms with Crippen LogP contribution < -0.4 is 11.1 Å². The lowest BCUT2D eigenvalue weighted by Gasteiger charge is -2.06. The molecule has 5 nitrogen and oxygen atoms in total. The zero-order valence-corrected chi connectivity index (χ0v) is 43.0. The number of aromatic nitrogens is 1. The van der Waals surface area contributed by atoms with Crippen molar-refractivity contribution in [3.8, 4) is 0 Å². The Kier molecular flexibility index (Phi) is 45.2. The van der Waals surface area contributed by atoms with Crippen molar-refractivity contribution in [1.29, 1.82) is 0 Å². The predicted octanol–water partition coefficient (Wildman–Crippen LogP) is 17.5. The number of nitrogens with one attached hydrogen (secondary N) is 1. The summed E-state index contributed by atoms with van der Waals surface area (Å²) in [6, 6.07) is 59.3. The highest BCUT2D eigenvalue weighted by Crippen LogP contribution is 2.23. The van der Waals surface area contributed by atoms with Gasteiger partial charge >= 0.3 is 0 Å². The smallest absolute Gasteiger partial charge is 0.224 e. The molecule has 7 rings (SSSR count). The summed E-state index contributed by atoms with van der Waals surface area (Å²) in [6.07, 6.45) is 3.27. The fourth-order valence-electron chi connectivity index (χ4n) is 5.06. The molecule has 0 unspecified atom stereocenters. The molecular weight excluding hydrogens is 842 g/mol. The molecule has 3 N–H and O–H groups in total. The van der Waals surface area contributed by atoms with Crippen molar-refractivity contribution in [3.63, 3.8) is 0 Å². The lowest BCUT2D eigenvalue weighted by Crippen LogP contribution is -2.12. The number of amides is 1. The molecule has 6 aromatic carbocycles. The number of para-hydroxylation sites is 3. The Bertz CT molecular complexity index is 2080. The number of fused-ring (bicyclic) bond motifs is 1. The predicted molar refractivity (Wildman–Crippen MR) is 290 cm³/mol. The van der Waals surface area contributed by atoms with E-state index >= 15 is 0 Å². The van der Waals surface area contributed by atoms with Gasteiger partial charge < -0.3 is 11.1 Å². The number of anilines is 2. The summed E-state index contributed by atoms with van der Waals surface area (Å²) < 4.78 is 0. The number of aryl methyl sites for hydroxylation is 2. The van der Waals surface area contributed by atoms with Crippen molar-refractivity contribution in [1.82, 2.24) is 4.98 Å². The molecule has 0 bridgehead atoms. The van der Waals surface area contributed by atoms with E-state index in [4.69, 9.17) is 28.9 Å². The first-order chi connectivity index (χ1) is 31.9. The number of nitrogens with two attached hydrogens (primary N) is 1. The van der Waals surface area contributed by atoms with Gasteiger partial charge in [-0.05, 0) is 83.1 Å². The number of hydrogen-bond donors (Lipinski definition) is 2. The van der Waals surface area contributed by atoms with E-state index in [-0.39, 0.29) is 11.1 Å². The van der Waals surface area contributed by atoms with Crippen LogP contribution >= 0.6 is 23.2 Å². The molecule has 0 aliphatic rings. The number of halogens is 2. The highest BCUT2D eigenvalue weighted by molar-refractivity contribution is 6.63. The maximum absolute atomic E-state index is 11.7. The van der Waals surface area contributed by atoms with Crippen LogP contribution in [0.4, 0.5) is 11.4 Å². The normalized spacial score (nSPS) is 8.65. The highest BCUT2D eigenvalue weighted by atomic mass is 35.5. The Morgan fingerprint density at radius 1 is 0.492 bits per heavy atom. The Labute approximate surface area is 404 Å². The number of benzene rings is 6. The first-order valence-corrected chi connectivity index (χ1v) is 24.1. The summed E-state index contributed by atoms with van der Waals surface area (Å²) in [5.41, 5.74) is 12.6. The van der Waals surface area contributed by atoms with Gasteiger partial charge in [0.15, 0.2) is 0 Å². The van der Waals surface area contributed by atoms with Crippen molar-refractivity contribution in [2.24, 2.45) is 0 Å². The van der Waals surface area contributed by atoms with Gasteiger partial charge in [0, 0.05) is 36.0 Å². The molecule has 0 fully saturated rings. The van der Waals surface area contributed by atoms with Crippen LogP contribution in [0.15, 0.2) is 182 Å². The molecule has 1 aromatic heterocycles. The van der Waals surface area contributed by atoms with Gasteiger partial charge in [0.2, 0.25) is 11.1 Å². The molecule has 1 amide bonds. The largest absolute Gasteiger partial charge is 0.399 e. The van der Waals surface area contributed by atoms with Crippen LogP contribution in [0.2, 0.25) is 5.15 Å². The van der Waals surface area contributed by atoms with Gasteiger partial charge in [-0.15, -0.1) is 0 Å². The first kappa shape index (κ1) is 63.5. The molecular formula is C58H79Cl2N3O2. The van der Waals surface area contributed by atoms with Gasteiger partial charge in [0.05, 0.1) is 5.52 Å². The van der Waals surface area contributed by atoms with Gasteiger partial charge in [-0.1, -0.05) is 240 Å². The minimum atomic E-state index is -0.270. The summed E-state index contributed by atoms with van der Waals surface area (Å²) >= 11 is 11.4. The van der Waals surface area contributed by atoms with E-state index < -0.39 is 0 Å². The van der Waals surface area contributed by atoms with Crippen molar-refractivity contribution in [2.45, 2.75) is 115 Å². The van der Waals surface area contributed by atoms with Crippen LogP contribution in [-0.4, -0.2) is 16.1 Å². The molecule has 0 saturated heterocycles. The van der Waals surface area contributed by atoms with Crippen LogP contribution in [0.25, 0.3) is 10.9 Å². The van der Waals surface area contributed by atoms with Gasteiger partial charge in [0.25, 0.3) is 0 Å². The number of nitrogen functional groups attached to an aromatic ring is 1. The van der Waals surface area contributed by atoms with Crippen LogP contribution in [0.5, 0.6) is 0 Å². The molecule has 7 heteroatoms. The molecule has 0 saturated carbocycles. The van der Waals surface area contributed by atoms with Gasteiger partial charge in [-0.3, -0.25) is 9.59 Å².